The van der Waals surface area contributed by atoms with Crippen molar-refractivity contribution in [3.8, 4) is 28.6 Å². The van der Waals surface area contributed by atoms with Crippen LogP contribution in [0, 0.1) is 24.2 Å². The van der Waals surface area contributed by atoms with E-state index in [1.54, 1.807) is 16.8 Å². The molecule has 1 aliphatic carbocycles. The van der Waals surface area contributed by atoms with Crippen molar-refractivity contribution in [1.82, 2.24) is 14.5 Å². The van der Waals surface area contributed by atoms with Crippen LogP contribution in [0.5, 0.6) is 0 Å². The van der Waals surface area contributed by atoms with Crippen LogP contribution in [-0.2, 0) is 13.5 Å². The molecule has 0 aliphatic heterocycles. The van der Waals surface area contributed by atoms with E-state index in [1.165, 1.54) is 0 Å². The highest BCUT2D eigenvalue weighted by molar-refractivity contribution is 5.78. The molecule has 1 aromatic carbocycles. The molecular weight excluding hydrogens is 398 g/mol. The van der Waals surface area contributed by atoms with Crippen molar-refractivity contribution in [3.63, 3.8) is 0 Å². The van der Waals surface area contributed by atoms with Crippen LogP contribution in [0.2, 0.25) is 0 Å². The topological polar surface area (TPSA) is 97.6 Å². The summed E-state index contributed by atoms with van der Waals surface area (Å²) in [5, 5.41) is 9.12. The second-order valence-corrected chi connectivity index (χ2v) is 8.87. The average Bonchev–Trinajstić information content (AvgIpc) is 3.01. The summed E-state index contributed by atoms with van der Waals surface area (Å²) in [6.45, 7) is 2.04. The number of hydrogen-bond donors (Lipinski definition) is 1. The number of pyridine rings is 1. The largest absolute Gasteiger partial charge is 0.328 e. The molecule has 0 saturated heterocycles. The fourth-order valence-electron chi connectivity index (χ4n) is 4.55. The zero-order valence-electron chi connectivity index (χ0n) is 18.7. The lowest BCUT2D eigenvalue weighted by atomic mass is 9.94. The van der Waals surface area contributed by atoms with Crippen LogP contribution < -0.4 is 11.3 Å². The molecule has 4 rings (SSSR count). The highest BCUT2D eigenvalue weighted by Gasteiger charge is 2.22. The molecule has 164 valence electrons. The summed E-state index contributed by atoms with van der Waals surface area (Å²) < 4.78 is 1.71. The third kappa shape index (κ3) is 4.63. The lowest BCUT2D eigenvalue weighted by Gasteiger charge is -2.18. The van der Waals surface area contributed by atoms with Crippen LogP contribution in [0.1, 0.15) is 49.1 Å². The number of benzene rings is 1. The lowest BCUT2D eigenvalue weighted by molar-refractivity contribution is 0.447. The summed E-state index contributed by atoms with van der Waals surface area (Å²) in [5.41, 5.74) is 11.4. The zero-order chi connectivity index (χ0) is 22.7. The minimum Gasteiger partial charge on any atom is -0.328 e. The summed E-state index contributed by atoms with van der Waals surface area (Å²) in [6, 6.07) is 13.9. The fourth-order valence-corrected chi connectivity index (χ4v) is 4.55. The van der Waals surface area contributed by atoms with Gasteiger partial charge in [0, 0.05) is 30.4 Å². The summed E-state index contributed by atoms with van der Waals surface area (Å²) in [5.74, 6) is 0.418. The van der Waals surface area contributed by atoms with Crippen molar-refractivity contribution >= 4 is 0 Å². The standard InChI is InChI=1S/C26H29N5O/c1-17-6-9-19(10-7-17)25-24(20-11-13-22(15-27)29-16-20)30-23(26(32)31(25)2)14-18-4-3-5-21(28)12-8-18/h6-7,9-11,13,16,18,21H,3-5,8,12,14,28H2,1-2H3. The monoisotopic (exact) mass is 427 g/mol. The van der Waals surface area contributed by atoms with Crippen molar-refractivity contribution in [3.05, 3.63) is 69.9 Å². The van der Waals surface area contributed by atoms with E-state index in [9.17, 15) is 4.79 Å². The Labute approximate surface area is 188 Å². The molecule has 1 saturated carbocycles. The minimum atomic E-state index is -0.0560. The molecule has 2 heterocycles. The maximum atomic E-state index is 13.4. The molecule has 2 aromatic heterocycles. The van der Waals surface area contributed by atoms with Gasteiger partial charge in [-0.3, -0.25) is 4.79 Å². The Hall–Kier alpha value is -3.30. The Morgan fingerprint density at radius 2 is 1.84 bits per heavy atom. The van der Waals surface area contributed by atoms with Gasteiger partial charge in [-0.2, -0.15) is 5.26 Å². The average molecular weight is 428 g/mol. The Kier molecular flexibility index (Phi) is 6.48. The van der Waals surface area contributed by atoms with Crippen molar-refractivity contribution < 1.29 is 0 Å². The molecule has 1 fully saturated rings. The van der Waals surface area contributed by atoms with Gasteiger partial charge in [0.25, 0.3) is 5.56 Å². The molecule has 2 atom stereocenters. The number of aromatic nitrogens is 3. The van der Waals surface area contributed by atoms with Crippen molar-refractivity contribution in [1.29, 1.82) is 5.26 Å². The summed E-state index contributed by atoms with van der Waals surface area (Å²) in [7, 11) is 1.81. The molecule has 1 aliphatic rings. The van der Waals surface area contributed by atoms with E-state index >= 15 is 0 Å². The van der Waals surface area contributed by atoms with Crippen LogP contribution >= 0.6 is 0 Å². The van der Waals surface area contributed by atoms with Crippen LogP contribution in [0.4, 0.5) is 0 Å². The number of hydrogen-bond acceptors (Lipinski definition) is 5. The Morgan fingerprint density at radius 1 is 1.09 bits per heavy atom. The predicted molar refractivity (Wildman–Crippen MR) is 126 cm³/mol. The zero-order valence-corrected chi connectivity index (χ0v) is 18.7. The number of aryl methyl sites for hydroxylation is 1. The highest BCUT2D eigenvalue weighted by atomic mass is 16.1. The van der Waals surface area contributed by atoms with E-state index in [-0.39, 0.29) is 11.6 Å². The van der Waals surface area contributed by atoms with Gasteiger partial charge in [-0.1, -0.05) is 42.7 Å². The summed E-state index contributed by atoms with van der Waals surface area (Å²) in [4.78, 5) is 22.5. The maximum Gasteiger partial charge on any atom is 0.272 e. The molecule has 0 amide bonds. The van der Waals surface area contributed by atoms with Gasteiger partial charge < -0.3 is 10.3 Å². The SMILES string of the molecule is Cc1ccc(-c2c(-c3ccc(C#N)nc3)nc(CC3CCCC(N)CC3)c(=O)n2C)cc1. The van der Waals surface area contributed by atoms with Crippen molar-refractivity contribution in [2.45, 2.75) is 51.5 Å². The molecular formula is C26H29N5O. The molecule has 2 unspecified atom stereocenters. The molecule has 0 spiro atoms. The first-order chi connectivity index (χ1) is 15.5. The van der Waals surface area contributed by atoms with Gasteiger partial charge >= 0.3 is 0 Å². The molecule has 0 bridgehead atoms. The number of nitrogens with two attached hydrogens (primary N) is 1. The molecule has 0 radical (unpaired) electrons. The number of nitrogens with zero attached hydrogens (tertiary/aromatic N) is 4. The predicted octanol–water partition coefficient (Wildman–Crippen LogP) is 4.14. The number of rotatable bonds is 4. The van der Waals surface area contributed by atoms with Crippen LogP contribution in [-0.4, -0.2) is 20.6 Å². The van der Waals surface area contributed by atoms with E-state index < -0.39 is 0 Å². The van der Waals surface area contributed by atoms with E-state index in [2.05, 4.69) is 11.1 Å². The molecule has 6 heteroatoms. The summed E-state index contributed by atoms with van der Waals surface area (Å²) >= 11 is 0. The van der Waals surface area contributed by atoms with Crippen LogP contribution in [0.3, 0.4) is 0 Å². The van der Waals surface area contributed by atoms with Crippen molar-refractivity contribution in [2.24, 2.45) is 18.7 Å². The van der Waals surface area contributed by atoms with E-state index in [4.69, 9.17) is 16.0 Å². The van der Waals surface area contributed by atoms with Gasteiger partial charge in [-0.25, -0.2) is 9.97 Å². The van der Waals surface area contributed by atoms with Crippen molar-refractivity contribution in [2.75, 3.05) is 0 Å². The van der Waals surface area contributed by atoms with E-state index in [1.807, 2.05) is 44.3 Å². The summed E-state index contributed by atoms with van der Waals surface area (Å²) in [6.07, 6.45) is 7.57. The van der Waals surface area contributed by atoms with Gasteiger partial charge in [-0.05, 0) is 50.7 Å². The molecule has 6 nitrogen and oxygen atoms in total. The Balaban J connectivity index is 1.82. The second-order valence-electron chi connectivity index (χ2n) is 8.87. The smallest absolute Gasteiger partial charge is 0.272 e. The highest BCUT2D eigenvalue weighted by Crippen LogP contribution is 2.31. The molecule has 32 heavy (non-hydrogen) atoms. The van der Waals surface area contributed by atoms with Gasteiger partial charge in [0.15, 0.2) is 0 Å². The first-order valence-electron chi connectivity index (χ1n) is 11.3. The maximum absolute atomic E-state index is 13.4. The van der Waals surface area contributed by atoms with E-state index in [0.717, 1.165) is 54.5 Å². The fraction of sp³-hybridized carbons (Fsp3) is 0.385. The lowest BCUT2D eigenvalue weighted by Crippen LogP contribution is -2.27. The first kappa shape index (κ1) is 21.9. The van der Waals surface area contributed by atoms with E-state index in [0.29, 0.717) is 29.4 Å². The normalized spacial score (nSPS) is 18.7. The third-order valence-electron chi connectivity index (χ3n) is 6.45. The van der Waals surface area contributed by atoms with Gasteiger partial charge in [0.2, 0.25) is 0 Å². The first-order valence-corrected chi connectivity index (χ1v) is 11.3. The Morgan fingerprint density at radius 3 is 2.53 bits per heavy atom. The quantitative estimate of drug-likeness (QED) is 0.631. The minimum absolute atomic E-state index is 0.0560. The molecule has 2 N–H and O–H groups in total. The van der Waals surface area contributed by atoms with Crippen LogP contribution in [0.25, 0.3) is 22.5 Å². The Bertz CT molecular complexity index is 1190. The second kappa shape index (κ2) is 9.46. The van der Waals surface area contributed by atoms with Gasteiger partial charge in [0.1, 0.15) is 17.5 Å². The molecule has 3 aromatic rings. The third-order valence-corrected chi connectivity index (χ3v) is 6.45. The van der Waals surface area contributed by atoms with Gasteiger partial charge in [-0.15, -0.1) is 0 Å². The number of nitriles is 1. The van der Waals surface area contributed by atoms with Gasteiger partial charge in [0.05, 0.1) is 11.4 Å². The van der Waals surface area contributed by atoms with Crippen LogP contribution in [0.15, 0.2) is 47.4 Å².